The molecule has 10 aromatic carbocycles. The van der Waals surface area contributed by atoms with Gasteiger partial charge in [0.25, 0.3) is 0 Å². The lowest BCUT2D eigenvalue weighted by Crippen LogP contribution is -2.17. The molecule has 0 saturated heterocycles. The summed E-state index contributed by atoms with van der Waals surface area (Å²) in [4.78, 5) is 5.51. The largest absolute Gasteiger partial charge is 0.436 e. The molecule has 0 saturated carbocycles. The lowest BCUT2D eigenvalue weighted by molar-refractivity contribution is 0.591. The number of hydrogen-bond donors (Lipinski definition) is 0. The Morgan fingerprint density at radius 3 is 0.965 bits per heavy atom. The number of para-hydroxylation sites is 6. The Hall–Kier alpha value is -9.64. The number of nitrogens with zero attached hydrogens (tertiary/aromatic N) is 6. The molecule has 85 heavy (non-hydrogen) atoms. The Balaban J connectivity index is 1.30. The van der Waals surface area contributed by atoms with E-state index in [0.29, 0.717) is 33.8 Å². The molecule has 15 rings (SSSR count). The van der Waals surface area contributed by atoms with Gasteiger partial charge < -0.3 is 22.7 Å². The summed E-state index contributed by atoms with van der Waals surface area (Å²) >= 11 is 0. The number of oxazole rings is 1. The fraction of sp³-hybridized carbons (Fsp3) is 0.205. The van der Waals surface area contributed by atoms with Crippen molar-refractivity contribution in [2.75, 3.05) is 0 Å². The van der Waals surface area contributed by atoms with Crippen molar-refractivity contribution in [2.45, 2.75) is 105 Å². The van der Waals surface area contributed by atoms with Crippen LogP contribution in [-0.4, -0.2) is 23.3 Å². The van der Waals surface area contributed by atoms with Gasteiger partial charge in [-0.05, 0) is 129 Å². The van der Waals surface area contributed by atoms with Crippen molar-refractivity contribution in [3.8, 4) is 40.3 Å². The third-order valence-electron chi connectivity index (χ3n) is 18.1. The Morgan fingerprint density at radius 1 is 0.329 bits per heavy atom. The highest BCUT2D eigenvalue weighted by Gasteiger charge is 2.37. The summed E-state index contributed by atoms with van der Waals surface area (Å²) in [6.07, 6.45) is 0. The average Bonchev–Trinajstić information content (AvgIpc) is 1.70. The fourth-order valence-electron chi connectivity index (χ4n) is 13.6. The van der Waals surface area contributed by atoms with Crippen LogP contribution in [0, 0.1) is 11.3 Å². The number of fused-ring (bicyclic) bond motifs is 13. The quantitative estimate of drug-likeness (QED) is 0.172. The maximum atomic E-state index is 13.0. The van der Waals surface area contributed by atoms with E-state index in [2.05, 4.69) is 277 Å². The molecule has 0 radical (unpaired) electrons. The van der Waals surface area contributed by atoms with E-state index in [-0.39, 0.29) is 21.7 Å². The van der Waals surface area contributed by atoms with E-state index in [4.69, 9.17) is 9.40 Å². The van der Waals surface area contributed by atoms with Gasteiger partial charge in [-0.1, -0.05) is 192 Å². The van der Waals surface area contributed by atoms with Gasteiger partial charge in [-0.3, -0.25) is 0 Å². The summed E-state index contributed by atoms with van der Waals surface area (Å²) < 4.78 is 17.1. The molecule has 416 valence electrons. The van der Waals surface area contributed by atoms with Gasteiger partial charge in [0.15, 0.2) is 5.58 Å². The van der Waals surface area contributed by atoms with Gasteiger partial charge in [0.1, 0.15) is 11.6 Å². The SMILES string of the molecule is CC(C)(C)c1ccc2c(c1)c1ccccc1n2-c1c(C#N)c(-c2nc3ccccc3o2)c(-n2c3ccccc3c3cc(C(C)(C)C)ccc32)c(-n2c3ccccc3c3cc(C(C)(C)C)ccc32)c1-n1c2ccccc2c2cc(C(C)(C)C)ccc21. The molecule has 0 amide bonds. The van der Waals surface area contributed by atoms with Crippen molar-refractivity contribution in [3.63, 3.8) is 0 Å². The Bertz CT molecular complexity index is 5330. The molecule has 0 atom stereocenters. The van der Waals surface area contributed by atoms with Crippen LogP contribution in [0.1, 0.15) is 111 Å². The van der Waals surface area contributed by atoms with Gasteiger partial charge in [-0.2, -0.15) is 5.26 Å². The zero-order chi connectivity index (χ0) is 58.8. The maximum absolute atomic E-state index is 13.0. The van der Waals surface area contributed by atoms with Gasteiger partial charge in [0, 0.05) is 43.1 Å². The minimum atomic E-state index is -0.136. The van der Waals surface area contributed by atoms with E-state index in [0.717, 1.165) is 104 Å². The summed E-state index contributed by atoms with van der Waals surface area (Å²) in [5, 5.41) is 21.9. The Morgan fingerprint density at radius 2 is 0.624 bits per heavy atom. The molecule has 0 aliphatic heterocycles. The van der Waals surface area contributed by atoms with E-state index in [9.17, 15) is 5.26 Å². The lowest BCUT2D eigenvalue weighted by Gasteiger charge is -2.29. The Labute approximate surface area is 495 Å². The second-order valence-electron chi connectivity index (χ2n) is 27.6. The van der Waals surface area contributed by atoms with Crippen LogP contribution in [0.4, 0.5) is 0 Å². The van der Waals surface area contributed by atoms with Gasteiger partial charge in [-0.15, -0.1) is 0 Å². The van der Waals surface area contributed by atoms with Crippen molar-refractivity contribution < 1.29 is 4.42 Å². The normalized spacial score (nSPS) is 12.9. The van der Waals surface area contributed by atoms with E-state index in [1.54, 1.807) is 0 Å². The van der Waals surface area contributed by atoms with Gasteiger partial charge >= 0.3 is 0 Å². The van der Waals surface area contributed by atoms with Crippen LogP contribution in [0.3, 0.4) is 0 Å². The minimum absolute atomic E-state index is 0.135. The highest BCUT2D eigenvalue weighted by Crippen LogP contribution is 2.53. The first-order valence-electron chi connectivity index (χ1n) is 29.9. The van der Waals surface area contributed by atoms with Gasteiger partial charge in [0.2, 0.25) is 5.89 Å². The van der Waals surface area contributed by atoms with Crippen LogP contribution in [0.15, 0.2) is 199 Å². The fourth-order valence-corrected chi connectivity index (χ4v) is 13.6. The average molecular weight is 1110 g/mol. The van der Waals surface area contributed by atoms with E-state index in [1.807, 2.05) is 24.3 Å². The molecule has 0 fully saturated rings. The monoisotopic (exact) mass is 1100 g/mol. The minimum Gasteiger partial charge on any atom is -0.436 e. The lowest BCUT2D eigenvalue weighted by atomic mass is 9.86. The summed E-state index contributed by atoms with van der Waals surface area (Å²) in [6.45, 7) is 27.4. The molecular weight excluding hydrogens is 1040 g/mol. The topological polar surface area (TPSA) is 69.5 Å². The second-order valence-corrected chi connectivity index (χ2v) is 27.6. The van der Waals surface area contributed by atoms with Crippen LogP contribution in [-0.2, 0) is 21.7 Å². The first-order chi connectivity index (χ1) is 40.7. The van der Waals surface area contributed by atoms with Gasteiger partial charge in [-0.25, -0.2) is 4.98 Å². The van der Waals surface area contributed by atoms with Gasteiger partial charge in [0.05, 0.1) is 78.0 Å². The molecule has 7 heteroatoms. The molecule has 15 aromatic rings. The van der Waals surface area contributed by atoms with Crippen LogP contribution in [0.2, 0.25) is 0 Å². The summed E-state index contributed by atoms with van der Waals surface area (Å²) in [6, 6.07) is 74.2. The third kappa shape index (κ3) is 7.80. The second kappa shape index (κ2) is 18.2. The van der Waals surface area contributed by atoms with Crippen molar-refractivity contribution in [3.05, 3.63) is 222 Å². The molecule has 0 bridgehead atoms. The molecular formula is C78H68N6O. The molecule has 0 spiro atoms. The standard InChI is InChI=1S/C78H68N6O/c1-75(2,3)46-33-37-64-54(41-46)50-23-13-18-28-60(50)81(64)70-58(45-79)69(74-80-59-27-17-22-32-68(59)85-74)71(82-61-29-19-14-24-51(61)55-42-47(76(4,5)6)34-38-65(55)82)73(84-63-31-21-16-26-53(63)57-44-49(78(10,11)12)36-40-67(57)84)72(70)83-62-30-20-15-25-52(62)56-43-48(77(7,8)9)35-39-66(56)83/h13-44H,1-12H3. The highest BCUT2D eigenvalue weighted by atomic mass is 16.3. The van der Waals surface area contributed by atoms with E-state index in [1.165, 1.54) is 22.3 Å². The summed E-state index contributed by atoms with van der Waals surface area (Å²) in [5.41, 5.74) is 17.9. The maximum Gasteiger partial charge on any atom is 0.230 e. The number of aromatic nitrogens is 5. The molecule has 7 nitrogen and oxygen atoms in total. The van der Waals surface area contributed by atoms with Crippen LogP contribution < -0.4 is 0 Å². The van der Waals surface area contributed by atoms with Crippen LogP contribution in [0.5, 0.6) is 0 Å². The highest BCUT2D eigenvalue weighted by molar-refractivity contribution is 6.17. The first kappa shape index (κ1) is 52.2. The van der Waals surface area contributed by atoms with Crippen molar-refractivity contribution in [1.29, 1.82) is 5.26 Å². The Kier molecular flexibility index (Phi) is 11.2. The predicted molar refractivity (Wildman–Crippen MR) is 356 cm³/mol. The first-order valence-corrected chi connectivity index (χ1v) is 29.9. The zero-order valence-corrected chi connectivity index (χ0v) is 50.6. The van der Waals surface area contributed by atoms with Crippen molar-refractivity contribution in [1.82, 2.24) is 23.3 Å². The number of rotatable bonds is 5. The van der Waals surface area contributed by atoms with Crippen LogP contribution >= 0.6 is 0 Å². The summed E-state index contributed by atoms with van der Waals surface area (Å²) in [5.74, 6) is 0.350. The molecule has 0 N–H and O–H groups in total. The molecule has 0 aliphatic rings. The third-order valence-corrected chi connectivity index (χ3v) is 18.1. The van der Waals surface area contributed by atoms with E-state index < -0.39 is 0 Å². The molecule has 0 unspecified atom stereocenters. The molecule has 0 aliphatic carbocycles. The zero-order valence-electron chi connectivity index (χ0n) is 50.6. The molecule has 5 aromatic heterocycles. The van der Waals surface area contributed by atoms with Crippen molar-refractivity contribution in [2.24, 2.45) is 0 Å². The number of benzene rings is 10. The predicted octanol–water partition coefficient (Wildman–Crippen LogP) is 20.9. The molecule has 5 heterocycles. The van der Waals surface area contributed by atoms with E-state index >= 15 is 0 Å². The number of hydrogen-bond acceptors (Lipinski definition) is 3. The number of nitriles is 1. The van der Waals surface area contributed by atoms with Crippen molar-refractivity contribution >= 4 is 98.3 Å². The summed E-state index contributed by atoms with van der Waals surface area (Å²) in [7, 11) is 0. The van der Waals surface area contributed by atoms with Crippen LogP contribution in [0.25, 0.3) is 133 Å². The smallest absolute Gasteiger partial charge is 0.230 e.